The number of nitrogens with zero attached hydrogens (tertiary/aromatic N) is 3. The van der Waals surface area contributed by atoms with Crippen LogP contribution in [0.1, 0.15) is 26.3 Å². The third-order valence-corrected chi connectivity index (χ3v) is 11.2. The summed E-state index contributed by atoms with van der Waals surface area (Å²) in [5.41, 5.74) is 9.06. The zero-order chi connectivity index (χ0) is 24.0. The Hall–Kier alpha value is -2.91. The molecule has 3 heterocycles. The average Bonchev–Trinajstić information content (AvgIpc) is 2.78. The molecule has 9 heteroatoms. The lowest BCUT2D eigenvalue weighted by Crippen LogP contribution is -2.55. The Morgan fingerprint density at radius 3 is 2.61 bits per heavy atom. The Kier molecular flexibility index (Phi) is 5.74. The molecule has 33 heavy (non-hydrogen) atoms. The number of nitrogens with two attached hydrogens (primary N) is 1. The first-order valence-electron chi connectivity index (χ1n) is 10.7. The molecule has 3 aromatic rings. The summed E-state index contributed by atoms with van der Waals surface area (Å²) in [6, 6.07) is 8.67. The van der Waals surface area contributed by atoms with Crippen LogP contribution < -0.4 is 20.5 Å². The fourth-order valence-electron chi connectivity index (χ4n) is 4.27. The maximum Gasteiger partial charge on any atom is 0.139 e. The van der Waals surface area contributed by atoms with E-state index >= 15 is 4.39 Å². The molecule has 1 unspecified atom stereocenters. The molecule has 0 fully saturated rings. The van der Waals surface area contributed by atoms with Gasteiger partial charge in [0.15, 0.2) is 0 Å². The molecule has 0 spiro atoms. The number of hydrogen-bond acceptors (Lipinski definition) is 7. The van der Waals surface area contributed by atoms with Crippen LogP contribution in [0.4, 0.5) is 15.8 Å². The number of ether oxygens (including phenoxy) is 1. The first kappa shape index (κ1) is 23.3. The third kappa shape index (κ3) is 3.89. The number of nitrogens with one attached hydrogen (secondary N) is 2. The lowest BCUT2D eigenvalue weighted by Gasteiger charge is -2.55. The van der Waals surface area contributed by atoms with Crippen LogP contribution in [0.15, 0.2) is 47.7 Å². The van der Waals surface area contributed by atoms with E-state index in [9.17, 15) is 0 Å². The number of aromatic nitrogens is 2. The van der Waals surface area contributed by atoms with E-state index in [2.05, 4.69) is 40.1 Å². The highest BCUT2D eigenvalue weighted by Gasteiger charge is 2.49. The summed E-state index contributed by atoms with van der Waals surface area (Å²) >= 11 is 0. The summed E-state index contributed by atoms with van der Waals surface area (Å²) in [4.78, 5) is 13.7. The van der Waals surface area contributed by atoms with Gasteiger partial charge in [-0.1, -0.05) is 0 Å². The minimum atomic E-state index is -1.41. The van der Waals surface area contributed by atoms with Crippen molar-refractivity contribution in [2.24, 2.45) is 10.7 Å². The van der Waals surface area contributed by atoms with Crippen LogP contribution in [0.3, 0.4) is 0 Å². The Bertz CT molecular complexity index is 1250. The van der Waals surface area contributed by atoms with Gasteiger partial charge in [0.2, 0.25) is 0 Å². The number of pyridine rings is 2. The molecule has 1 aliphatic heterocycles. The van der Waals surface area contributed by atoms with Crippen molar-refractivity contribution >= 4 is 38.5 Å². The van der Waals surface area contributed by atoms with Crippen molar-refractivity contribution < 1.29 is 9.13 Å². The van der Waals surface area contributed by atoms with Crippen molar-refractivity contribution in [2.45, 2.75) is 31.1 Å². The molecule has 4 rings (SSSR count). The summed E-state index contributed by atoms with van der Waals surface area (Å²) in [5.74, 6) is 1.54. The van der Waals surface area contributed by atoms with Gasteiger partial charge in [-0.25, -0.2) is 9.37 Å². The largest absolute Gasteiger partial charge is 0.495 e. The number of benzene rings is 1. The molecule has 0 amide bonds. The van der Waals surface area contributed by atoms with Crippen molar-refractivity contribution in [2.75, 3.05) is 31.5 Å². The maximum atomic E-state index is 15.2. The molecule has 0 saturated heterocycles. The number of rotatable bonds is 5. The van der Waals surface area contributed by atoms with E-state index in [0.29, 0.717) is 33.9 Å². The number of halogens is 1. The predicted molar refractivity (Wildman–Crippen MR) is 136 cm³/mol. The molecule has 0 bridgehead atoms. The monoisotopic (exact) mass is 470 g/mol. The lowest BCUT2D eigenvalue weighted by molar-refractivity contribution is 0.413. The minimum absolute atomic E-state index is 0.295. The van der Waals surface area contributed by atoms with Crippen LogP contribution in [0.25, 0.3) is 11.0 Å². The SMILES string of the molecule is CNS1(C)C[C@@](C)(c2cc(Nc3ccnc4cc(OC)cnc34)ccc2F)N=C(N)C1(C)C. The van der Waals surface area contributed by atoms with Gasteiger partial charge in [0.1, 0.15) is 22.9 Å². The summed E-state index contributed by atoms with van der Waals surface area (Å²) < 4.78 is 23.6. The molecule has 7 nitrogen and oxygen atoms in total. The number of amidine groups is 1. The van der Waals surface area contributed by atoms with E-state index in [1.165, 1.54) is 6.07 Å². The van der Waals surface area contributed by atoms with Gasteiger partial charge in [-0.3, -0.25) is 14.7 Å². The fourth-order valence-corrected chi connectivity index (χ4v) is 7.13. The zero-order valence-corrected chi connectivity index (χ0v) is 20.7. The fraction of sp³-hybridized carbons (Fsp3) is 0.375. The second kappa shape index (κ2) is 8.14. The van der Waals surface area contributed by atoms with Gasteiger partial charge in [0.25, 0.3) is 0 Å². The Labute approximate surface area is 195 Å². The molecule has 1 aromatic carbocycles. The van der Waals surface area contributed by atoms with Crippen LogP contribution in [-0.2, 0) is 5.54 Å². The summed E-state index contributed by atoms with van der Waals surface area (Å²) in [6.07, 6.45) is 5.54. The highest BCUT2D eigenvalue weighted by molar-refractivity contribution is 8.33. The van der Waals surface area contributed by atoms with E-state index in [1.807, 2.05) is 32.2 Å². The molecule has 2 aromatic heterocycles. The smallest absolute Gasteiger partial charge is 0.139 e. The number of fused-ring (bicyclic) bond motifs is 1. The minimum Gasteiger partial charge on any atom is -0.495 e. The van der Waals surface area contributed by atoms with E-state index in [-0.39, 0.29) is 10.6 Å². The number of aliphatic imine (C=N–C) groups is 1. The lowest BCUT2D eigenvalue weighted by atomic mass is 9.92. The average molecular weight is 471 g/mol. The second-order valence-electron chi connectivity index (χ2n) is 9.14. The van der Waals surface area contributed by atoms with Gasteiger partial charge in [0, 0.05) is 29.3 Å². The standard InChI is InChI=1S/C24H31FN6OS/c1-23(2)22(26)31-24(3,14-33(23,6)27-4)17-11-15(7-8-18(17)25)30-19-9-10-28-20-12-16(32-5)13-29-21(19)20/h7-13,27H,14H2,1-6H3,(H2,26,31)(H,28,30)/t24-/m0/s1. The van der Waals surface area contributed by atoms with Crippen molar-refractivity contribution in [1.29, 1.82) is 0 Å². The number of hydrogen-bond donors (Lipinski definition) is 3. The van der Waals surface area contributed by atoms with Crippen LogP contribution in [0, 0.1) is 5.82 Å². The van der Waals surface area contributed by atoms with Gasteiger partial charge in [-0.05, 0) is 58.3 Å². The van der Waals surface area contributed by atoms with Crippen molar-refractivity contribution in [3.8, 4) is 5.75 Å². The summed E-state index contributed by atoms with van der Waals surface area (Å²) in [7, 11) is 2.13. The Morgan fingerprint density at radius 1 is 1.15 bits per heavy atom. The first-order valence-corrected chi connectivity index (χ1v) is 12.9. The van der Waals surface area contributed by atoms with Gasteiger partial charge < -0.3 is 15.8 Å². The van der Waals surface area contributed by atoms with E-state index in [0.717, 1.165) is 11.4 Å². The molecule has 4 N–H and O–H groups in total. The van der Waals surface area contributed by atoms with Crippen molar-refractivity contribution in [1.82, 2.24) is 14.7 Å². The van der Waals surface area contributed by atoms with Gasteiger partial charge in [-0.15, -0.1) is 0 Å². The molecule has 0 radical (unpaired) electrons. The van der Waals surface area contributed by atoms with Crippen molar-refractivity contribution in [3.05, 3.63) is 54.1 Å². The first-order chi connectivity index (χ1) is 15.5. The van der Waals surface area contributed by atoms with Crippen LogP contribution in [-0.4, -0.2) is 46.7 Å². The topological polar surface area (TPSA) is 97.5 Å². The van der Waals surface area contributed by atoms with E-state index in [1.54, 1.807) is 25.6 Å². The molecule has 2 atom stereocenters. The highest BCUT2D eigenvalue weighted by atomic mass is 32.3. The highest BCUT2D eigenvalue weighted by Crippen LogP contribution is 2.59. The van der Waals surface area contributed by atoms with Crippen LogP contribution in [0.2, 0.25) is 0 Å². The Morgan fingerprint density at radius 2 is 1.91 bits per heavy atom. The van der Waals surface area contributed by atoms with Gasteiger partial charge >= 0.3 is 0 Å². The number of anilines is 2. The van der Waals surface area contributed by atoms with Gasteiger partial charge in [0.05, 0.1) is 34.8 Å². The van der Waals surface area contributed by atoms with E-state index < -0.39 is 15.8 Å². The zero-order valence-electron chi connectivity index (χ0n) is 19.9. The quantitative estimate of drug-likeness (QED) is 0.510. The predicted octanol–water partition coefficient (Wildman–Crippen LogP) is 4.45. The van der Waals surface area contributed by atoms with Crippen LogP contribution >= 0.6 is 10.2 Å². The van der Waals surface area contributed by atoms with Gasteiger partial charge in [-0.2, -0.15) is 10.2 Å². The molecule has 0 saturated carbocycles. The summed E-state index contributed by atoms with van der Waals surface area (Å²) in [6.45, 7) is 6.15. The maximum absolute atomic E-state index is 15.2. The number of methoxy groups -OCH3 is 1. The molecular formula is C24H31FN6OS. The second-order valence-corrected chi connectivity index (χ2v) is 13.0. The molecule has 1 aliphatic rings. The summed E-state index contributed by atoms with van der Waals surface area (Å²) in [5, 5.41) is 3.37. The van der Waals surface area contributed by atoms with Crippen LogP contribution in [0.5, 0.6) is 5.75 Å². The Balaban J connectivity index is 1.76. The van der Waals surface area contributed by atoms with Crippen molar-refractivity contribution in [3.63, 3.8) is 0 Å². The molecule has 176 valence electrons. The molecule has 0 aliphatic carbocycles. The molecular weight excluding hydrogens is 439 g/mol. The normalized spacial score (nSPS) is 26.3. The third-order valence-electron chi connectivity index (χ3n) is 6.74. The van der Waals surface area contributed by atoms with E-state index in [4.69, 9.17) is 15.5 Å².